The molecule has 2 rings (SSSR count). The Kier molecular flexibility index (Phi) is 2.63. The molecule has 82 valence electrons. The summed E-state index contributed by atoms with van der Waals surface area (Å²) in [6, 6.07) is 1.87. The van der Waals surface area contributed by atoms with Gasteiger partial charge in [-0.3, -0.25) is 4.98 Å². The average molecular weight is 226 g/mol. The first-order valence-electron chi connectivity index (χ1n) is 5.29. The Morgan fingerprint density at radius 1 is 1.40 bits per heavy atom. The number of rotatable bonds is 2. The molecule has 0 spiro atoms. The van der Waals surface area contributed by atoms with E-state index in [1.165, 1.54) is 0 Å². The van der Waals surface area contributed by atoms with Crippen LogP contribution in [0.4, 0.5) is 0 Å². The van der Waals surface area contributed by atoms with Crippen LogP contribution in [0.1, 0.15) is 39.3 Å². The fraction of sp³-hybridized carbons (Fsp3) is 0.583. The zero-order valence-electron chi connectivity index (χ0n) is 9.38. The molecule has 0 atom stereocenters. The number of nitrogens with zero attached hydrogens (tertiary/aromatic N) is 1. The molecule has 0 aliphatic heterocycles. The van der Waals surface area contributed by atoms with Crippen molar-refractivity contribution in [2.24, 2.45) is 0 Å². The molecule has 2 nitrogen and oxygen atoms in total. The van der Waals surface area contributed by atoms with E-state index in [9.17, 15) is 0 Å². The number of hydrogen-bond acceptors (Lipinski definition) is 2. The molecule has 1 aliphatic carbocycles. The third kappa shape index (κ3) is 2.63. The van der Waals surface area contributed by atoms with Crippen molar-refractivity contribution in [2.45, 2.75) is 45.1 Å². The molecule has 0 unspecified atom stereocenters. The molecule has 0 aromatic carbocycles. The van der Waals surface area contributed by atoms with Gasteiger partial charge in [-0.1, -0.05) is 32.4 Å². The van der Waals surface area contributed by atoms with Gasteiger partial charge in [-0.25, -0.2) is 0 Å². The summed E-state index contributed by atoms with van der Waals surface area (Å²) in [7, 11) is 0. The largest absolute Gasteiger partial charge is 0.488 e. The van der Waals surface area contributed by atoms with Crippen molar-refractivity contribution in [1.82, 2.24) is 4.98 Å². The Labute approximate surface area is 95.6 Å². The van der Waals surface area contributed by atoms with Crippen molar-refractivity contribution in [1.29, 1.82) is 0 Å². The van der Waals surface area contributed by atoms with E-state index in [2.05, 4.69) is 25.8 Å². The smallest absolute Gasteiger partial charge is 0.143 e. The molecule has 1 fully saturated rings. The standard InChI is InChI=1S/C12H16ClNO/c1-12(2,3)11-10(15-9-4-5-9)6-8(13)7-14-11/h6-7,9H,4-5H2,1-3H3. The van der Waals surface area contributed by atoms with Gasteiger partial charge in [0.2, 0.25) is 0 Å². The van der Waals surface area contributed by atoms with Crippen molar-refractivity contribution < 1.29 is 4.74 Å². The quantitative estimate of drug-likeness (QED) is 0.768. The number of ether oxygens (including phenoxy) is 1. The summed E-state index contributed by atoms with van der Waals surface area (Å²) < 4.78 is 5.82. The first-order valence-corrected chi connectivity index (χ1v) is 5.67. The van der Waals surface area contributed by atoms with E-state index in [1.807, 2.05) is 6.07 Å². The third-order valence-corrected chi connectivity index (χ3v) is 2.55. The van der Waals surface area contributed by atoms with Gasteiger partial charge >= 0.3 is 0 Å². The summed E-state index contributed by atoms with van der Waals surface area (Å²) in [4.78, 5) is 4.37. The topological polar surface area (TPSA) is 22.1 Å². The minimum atomic E-state index is -0.00515. The summed E-state index contributed by atoms with van der Waals surface area (Å²) in [6.45, 7) is 6.38. The highest BCUT2D eigenvalue weighted by Crippen LogP contribution is 2.35. The second kappa shape index (κ2) is 3.67. The van der Waals surface area contributed by atoms with Gasteiger partial charge in [0.05, 0.1) is 16.8 Å². The zero-order valence-corrected chi connectivity index (χ0v) is 10.1. The van der Waals surface area contributed by atoms with E-state index in [4.69, 9.17) is 16.3 Å². The number of halogens is 1. The van der Waals surface area contributed by atoms with Crippen molar-refractivity contribution in [3.05, 3.63) is 23.0 Å². The molecule has 0 bridgehead atoms. The fourth-order valence-electron chi connectivity index (χ4n) is 1.44. The molecule has 1 saturated carbocycles. The SMILES string of the molecule is CC(C)(C)c1ncc(Cl)cc1OC1CC1. The molecule has 1 aromatic rings. The van der Waals surface area contributed by atoms with E-state index >= 15 is 0 Å². The van der Waals surface area contributed by atoms with Gasteiger partial charge in [-0.05, 0) is 12.8 Å². The lowest BCUT2D eigenvalue weighted by molar-refractivity contribution is 0.292. The predicted molar refractivity (Wildman–Crippen MR) is 61.6 cm³/mol. The van der Waals surface area contributed by atoms with Crippen molar-refractivity contribution in [2.75, 3.05) is 0 Å². The van der Waals surface area contributed by atoms with E-state index in [0.717, 1.165) is 24.3 Å². The maximum absolute atomic E-state index is 5.93. The van der Waals surface area contributed by atoms with Gasteiger partial charge < -0.3 is 4.74 Å². The summed E-state index contributed by atoms with van der Waals surface area (Å²) in [5.41, 5.74) is 0.980. The van der Waals surface area contributed by atoms with Crippen LogP contribution in [0.15, 0.2) is 12.3 Å². The molecule has 1 aliphatic rings. The summed E-state index contributed by atoms with van der Waals surface area (Å²) in [6.07, 6.45) is 4.36. The summed E-state index contributed by atoms with van der Waals surface area (Å²) in [5, 5.41) is 0.638. The number of pyridine rings is 1. The minimum Gasteiger partial charge on any atom is -0.488 e. The lowest BCUT2D eigenvalue weighted by atomic mass is 9.91. The Morgan fingerprint density at radius 3 is 2.60 bits per heavy atom. The van der Waals surface area contributed by atoms with Crippen LogP contribution in [0.25, 0.3) is 0 Å². The lowest BCUT2D eigenvalue weighted by Crippen LogP contribution is -2.16. The summed E-state index contributed by atoms with van der Waals surface area (Å²) >= 11 is 5.93. The predicted octanol–water partition coefficient (Wildman–Crippen LogP) is 3.57. The van der Waals surface area contributed by atoms with Gasteiger partial charge in [-0.15, -0.1) is 0 Å². The van der Waals surface area contributed by atoms with E-state index in [-0.39, 0.29) is 5.41 Å². The Bertz CT molecular complexity index is 366. The van der Waals surface area contributed by atoms with Crippen molar-refractivity contribution >= 4 is 11.6 Å². The van der Waals surface area contributed by atoms with E-state index in [0.29, 0.717) is 11.1 Å². The van der Waals surface area contributed by atoms with Crippen LogP contribution in [0.2, 0.25) is 5.02 Å². The van der Waals surface area contributed by atoms with Crippen LogP contribution < -0.4 is 4.74 Å². The van der Waals surface area contributed by atoms with Crippen LogP contribution >= 0.6 is 11.6 Å². The Balaban J connectivity index is 2.34. The van der Waals surface area contributed by atoms with E-state index < -0.39 is 0 Å². The highest BCUT2D eigenvalue weighted by Gasteiger charge is 2.28. The molecule has 0 N–H and O–H groups in total. The van der Waals surface area contributed by atoms with Gasteiger partial charge in [0.15, 0.2) is 0 Å². The van der Waals surface area contributed by atoms with Gasteiger partial charge in [0, 0.05) is 17.7 Å². The molecule has 1 heterocycles. The normalized spacial score (nSPS) is 16.5. The maximum Gasteiger partial charge on any atom is 0.143 e. The highest BCUT2D eigenvalue weighted by molar-refractivity contribution is 6.30. The maximum atomic E-state index is 5.93. The average Bonchev–Trinajstić information content (AvgIpc) is 2.85. The van der Waals surface area contributed by atoms with Crippen molar-refractivity contribution in [3.63, 3.8) is 0 Å². The molecule has 0 amide bonds. The molecule has 3 heteroatoms. The minimum absolute atomic E-state index is 0.00515. The Hall–Kier alpha value is -0.760. The van der Waals surface area contributed by atoms with Crippen LogP contribution in [-0.2, 0) is 5.41 Å². The van der Waals surface area contributed by atoms with Gasteiger partial charge in [0.1, 0.15) is 5.75 Å². The molecular formula is C12H16ClNO. The third-order valence-electron chi connectivity index (χ3n) is 2.35. The molecule has 1 aromatic heterocycles. The van der Waals surface area contributed by atoms with Crippen LogP contribution in [0.5, 0.6) is 5.75 Å². The zero-order chi connectivity index (χ0) is 11.1. The first kappa shape index (κ1) is 10.7. The lowest BCUT2D eigenvalue weighted by Gasteiger charge is -2.21. The second-order valence-corrected chi connectivity index (χ2v) is 5.50. The number of hydrogen-bond donors (Lipinski definition) is 0. The second-order valence-electron chi connectivity index (χ2n) is 5.07. The Morgan fingerprint density at radius 2 is 2.07 bits per heavy atom. The number of aromatic nitrogens is 1. The molecule has 15 heavy (non-hydrogen) atoms. The van der Waals surface area contributed by atoms with E-state index in [1.54, 1.807) is 6.20 Å². The molecular weight excluding hydrogens is 210 g/mol. The van der Waals surface area contributed by atoms with Crippen LogP contribution in [0, 0.1) is 0 Å². The summed E-state index contributed by atoms with van der Waals surface area (Å²) in [5.74, 6) is 0.845. The van der Waals surface area contributed by atoms with Crippen molar-refractivity contribution in [3.8, 4) is 5.75 Å². The van der Waals surface area contributed by atoms with Gasteiger partial charge in [-0.2, -0.15) is 0 Å². The van der Waals surface area contributed by atoms with Gasteiger partial charge in [0.25, 0.3) is 0 Å². The van der Waals surface area contributed by atoms with Crippen LogP contribution in [0.3, 0.4) is 0 Å². The molecule has 0 radical (unpaired) electrons. The fourth-order valence-corrected chi connectivity index (χ4v) is 1.59. The molecule has 0 saturated heterocycles. The van der Waals surface area contributed by atoms with Crippen LogP contribution in [-0.4, -0.2) is 11.1 Å². The first-order chi connectivity index (χ1) is 6.97. The highest BCUT2D eigenvalue weighted by atomic mass is 35.5. The monoisotopic (exact) mass is 225 g/mol.